The van der Waals surface area contributed by atoms with Crippen molar-refractivity contribution in [3.8, 4) is 5.75 Å². The Morgan fingerprint density at radius 2 is 1.80 bits per heavy atom. The molecule has 2 saturated heterocycles. The summed E-state index contributed by atoms with van der Waals surface area (Å²) in [5.41, 5.74) is 2.22. The lowest BCUT2D eigenvalue weighted by atomic mass is 10.0. The fourth-order valence-corrected chi connectivity index (χ4v) is 4.46. The molecule has 2 N–H and O–H groups in total. The number of piperidine rings is 1. The Kier molecular flexibility index (Phi) is 8.33. The van der Waals surface area contributed by atoms with Gasteiger partial charge in [0.15, 0.2) is 0 Å². The summed E-state index contributed by atoms with van der Waals surface area (Å²) in [5.74, 6) is -0.629. The molecule has 2 aromatic rings. The molecule has 3 amide bonds. The molecule has 2 heterocycles. The van der Waals surface area contributed by atoms with Gasteiger partial charge in [-0.2, -0.15) is 0 Å². The van der Waals surface area contributed by atoms with E-state index in [4.69, 9.17) is 9.47 Å². The van der Waals surface area contributed by atoms with Crippen LogP contribution in [-0.2, 0) is 19.1 Å². The maximum atomic E-state index is 12.7. The lowest BCUT2D eigenvalue weighted by Crippen LogP contribution is -2.45. The third kappa shape index (κ3) is 6.37. The summed E-state index contributed by atoms with van der Waals surface area (Å²) in [7, 11) is 1.62. The SMILES string of the molecule is COc1ccc(C(CNC(=O)C(=O)Nc2cccc(N3CCCCC3=O)c2)N2CCOCC2)cc1. The van der Waals surface area contributed by atoms with Crippen molar-refractivity contribution >= 4 is 29.1 Å². The second-order valence-corrected chi connectivity index (χ2v) is 8.65. The number of carbonyl (C=O) groups is 3. The van der Waals surface area contributed by atoms with Gasteiger partial charge in [-0.05, 0) is 48.7 Å². The smallest absolute Gasteiger partial charge is 0.313 e. The van der Waals surface area contributed by atoms with Gasteiger partial charge in [-0.25, -0.2) is 0 Å². The number of hydrogen-bond donors (Lipinski definition) is 2. The number of benzene rings is 2. The molecule has 2 aliphatic heterocycles. The van der Waals surface area contributed by atoms with E-state index in [2.05, 4.69) is 15.5 Å². The summed E-state index contributed by atoms with van der Waals surface area (Å²) in [6, 6.07) is 14.6. The Morgan fingerprint density at radius 3 is 2.51 bits per heavy atom. The predicted molar refractivity (Wildman–Crippen MR) is 132 cm³/mol. The van der Waals surface area contributed by atoms with E-state index in [0.717, 1.165) is 42.9 Å². The van der Waals surface area contributed by atoms with Gasteiger partial charge in [0.05, 0.1) is 26.4 Å². The summed E-state index contributed by atoms with van der Waals surface area (Å²) < 4.78 is 10.7. The number of morpholine rings is 1. The first-order valence-electron chi connectivity index (χ1n) is 12.0. The van der Waals surface area contributed by atoms with Gasteiger partial charge in [-0.3, -0.25) is 19.3 Å². The van der Waals surface area contributed by atoms with Crippen LogP contribution >= 0.6 is 0 Å². The Labute approximate surface area is 205 Å². The van der Waals surface area contributed by atoms with Crippen molar-refractivity contribution < 1.29 is 23.9 Å². The minimum atomic E-state index is -0.748. The van der Waals surface area contributed by atoms with Crippen LogP contribution in [0.3, 0.4) is 0 Å². The van der Waals surface area contributed by atoms with Crippen LogP contribution in [-0.4, -0.2) is 69.1 Å². The molecule has 186 valence electrons. The molecule has 0 radical (unpaired) electrons. The van der Waals surface area contributed by atoms with Crippen LogP contribution in [0.5, 0.6) is 5.75 Å². The third-order valence-corrected chi connectivity index (χ3v) is 6.39. The van der Waals surface area contributed by atoms with Crippen LogP contribution in [0, 0.1) is 0 Å². The van der Waals surface area contributed by atoms with E-state index in [1.54, 1.807) is 30.2 Å². The number of anilines is 2. The zero-order chi connectivity index (χ0) is 24.6. The number of nitrogens with zero attached hydrogens (tertiary/aromatic N) is 2. The molecule has 0 aromatic heterocycles. The quantitative estimate of drug-likeness (QED) is 0.590. The summed E-state index contributed by atoms with van der Waals surface area (Å²) in [6.45, 7) is 3.65. The van der Waals surface area contributed by atoms with Crippen LogP contribution in [0.15, 0.2) is 48.5 Å². The molecule has 2 aromatic carbocycles. The molecule has 0 aliphatic carbocycles. The van der Waals surface area contributed by atoms with Gasteiger partial charge in [0.1, 0.15) is 5.75 Å². The van der Waals surface area contributed by atoms with Crippen molar-refractivity contribution in [2.24, 2.45) is 0 Å². The van der Waals surface area contributed by atoms with Gasteiger partial charge >= 0.3 is 11.8 Å². The highest BCUT2D eigenvalue weighted by molar-refractivity contribution is 6.39. The number of methoxy groups -OCH3 is 1. The summed E-state index contributed by atoms with van der Waals surface area (Å²) >= 11 is 0. The van der Waals surface area contributed by atoms with Crippen molar-refractivity contribution in [3.05, 3.63) is 54.1 Å². The normalized spacial score (nSPS) is 17.5. The zero-order valence-corrected chi connectivity index (χ0v) is 20.0. The van der Waals surface area contributed by atoms with E-state index >= 15 is 0 Å². The minimum Gasteiger partial charge on any atom is -0.497 e. The number of nitrogens with one attached hydrogen (secondary N) is 2. The molecule has 0 spiro atoms. The molecule has 2 aliphatic rings. The van der Waals surface area contributed by atoms with E-state index in [-0.39, 0.29) is 18.5 Å². The lowest BCUT2D eigenvalue weighted by Gasteiger charge is -2.35. The molecular formula is C26H32N4O5. The fourth-order valence-electron chi connectivity index (χ4n) is 4.46. The fraction of sp³-hybridized carbons (Fsp3) is 0.423. The maximum Gasteiger partial charge on any atom is 0.313 e. The van der Waals surface area contributed by atoms with E-state index in [9.17, 15) is 14.4 Å². The van der Waals surface area contributed by atoms with E-state index in [1.807, 2.05) is 30.3 Å². The van der Waals surface area contributed by atoms with Crippen LogP contribution < -0.4 is 20.3 Å². The average molecular weight is 481 g/mol. The molecule has 0 bridgehead atoms. The van der Waals surface area contributed by atoms with Crippen molar-refractivity contribution in [2.45, 2.75) is 25.3 Å². The highest BCUT2D eigenvalue weighted by Gasteiger charge is 2.25. The van der Waals surface area contributed by atoms with Crippen LogP contribution in [0.1, 0.15) is 30.9 Å². The monoisotopic (exact) mass is 480 g/mol. The first-order valence-corrected chi connectivity index (χ1v) is 12.0. The lowest BCUT2D eigenvalue weighted by molar-refractivity contribution is -0.136. The van der Waals surface area contributed by atoms with E-state index in [0.29, 0.717) is 31.9 Å². The molecule has 4 rings (SSSR count). The molecule has 9 heteroatoms. The predicted octanol–water partition coefficient (Wildman–Crippen LogP) is 2.34. The van der Waals surface area contributed by atoms with Crippen molar-refractivity contribution in [2.75, 3.05) is 56.7 Å². The first kappa shape index (κ1) is 24.7. The van der Waals surface area contributed by atoms with Gasteiger partial charge in [-0.15, -0.1) is 0 Å². The van der Waals surface area contributed by atoms with Crippen LogP contribution in [0.4, 0.5) is 11.4 Å². The standard InChI is InChI=1S/C26H32N4O5/c1-34-22-10-8-19(9-11-22)23(29-13-15-35-16-14-29)18-27-25(32)26(33)28-20-5-4-6-21(17-20)30-12-3-2-7-24(30)31/h4-6,8-11,17,23H,2-3,7,12-16,18H2,1H3,(H,27,32)(H,28,33). The van der Waals surface area contributed by atoms with E-state index in [1.165, 1.54) is 0 Å². The van der Waals surface area contributed by atoms with E-state index < -0.39 is 11.8 Å². The molecule has 2 fully saturated rings. The number of carbonyl (C=O) groups excluding carboxylic acids is 3. The Morgan fingerprint density at radius 1 is 1.03 bits per heavy atom. The van der Waals surface area contributed by atoms with Gasteiger partial charge < -0.3 is 25.0 Å². The number of amides is 3. The molecule has 9 nitrogen and oxygen atoms in total. The highest BCUT2D eigenvalue weighted by Crippen LogP contribution is 2.25. The Balaban J connectivity index is 1.38. The second-order valence-electron chi connectivity index (χ2n) is 8.65. The number of hydrogen-bond acceptors (Lipinski definition) is 6. The van der Waals surface area contributed by atoms with Gasteiger partial charge in [0, 0.05) is 44.0 Å². The molecular weight excluding hydrogens is 448 g/mol. The molecule has 0 saturated carbocycles. The number of ether oxygens (including phenoxy) is 2. The molecule has 1 unspecified atom stereocenters. The van der Waals surface area contributed by atoms with Crippen molar-refractivity contribution in [1.82, 2.24) is 10.2 Å². The van der Waals surface area contributed by atoms with Gasteiger partial charge in [-0.1, -0.05) is 18.2 Å². The summed E-state index contributed by atoms with van der Waals surface area (Å²) in [4.78, 5) is 41.5. The second kappa shape index (κ2) is 11.8. The van der Waals surface area contributed by atoms with Crippen LogP contribution in [0.25, 0.3) is 0 Å². The Hall–Kier alpha value is -3.43. The summed E-state index contributed by atoms with van der Waals surface area (Å²) in [5, 5.41) is 5.44. The van der Waals surface area contributed by atoms with Crippen molar-refractivity contribution in [1.29, 1.82) is 0 Å². The van der Waals surface area contributed by atoms with Crippen LogP contribution in [0.2, 0.25) is 0 Å². The maximum absolute atomic E-state index is 12.7. The Bertz CT molecular complexity index is 1040. The molecule has 35 heavy (non-hydrogen) atoms. The van der Waals surface area contributed by atoms with Gasteiger partial charge in [0.25, 0.3) is 0 Å². The van der Waals surface area contributed by atoms with Gasteiger partial charge in [0.2, 0.25) is 5.91 Å². The largest absolute Gasteiger partial charge is 0.497 e. The zero-order valence-electron chi connectivity index (χ0n) is 20.0. The highest BCUT2D eigenvalue weighted by atomic mass is 16.5. The average Bonchev–Trinajstić information content (AvgIpc) is 2.90. The minimum absolute atomic E-state index is 0.0742. The summed E-state index contributed by atoms with van der Waals surface area (Å²) in [6.07, 6.45) is 2.37. The number of rotatable bonds is 7. The molecule has 1 atom stereocenters. The topological polar surface area (TPSA) is 100 Å². The third-order valence-electron chi connectivity index (χ3n) is 6.39. The first-order chi connectivity index (χ1) is 17.0. The van der Waals surface area contributed by atoms with Crippen molar-refractivity contribution in [3.63, 3.8) is 0 Å².